The van der Waals surface area contributed by atoms with Crippen LogP contribution in [0.1, 0.15) is 45.4 Å². The van der Waals surface area contributed by atoms with Crippen molar-refractivity contribution in [2.24, 2.45) is 11.8 Å². The van der Waals surface area contributed by atoms with Crippen LogP contribution in [-0.4, -0.2) is 37.6 Å². The molecule has 94 valence electrons. The van der Waals surface area contributed by atoms with E-state index in [-0.39, 0.29) is 0 Å². The van der Waals surface area contributed by atoms with E-state index in [1.807, 2.05) is 0 Å². The molecule has 2 fully saturated rings. The van der Waals surface area contributed by atoms with Gasteiger partial charge >= 0.3 is 0 Å². The van der Waals surface area contributed by atoms with E-state index in [1.54, 1.807) is 0 Å². The van der Waals surface area contributed by atoms with E-state index in [2.05, 4.69) is 24.2 Å². The minimum Gasteiger partial charge on any atom is -0.314 e. The van der Waals surface area contributed by atoms with Crippen molar-refractivity contribution in [3.05, 3.63) is 0 Å². The molecule has 2 nitrogen and oxygen atoms in total. The fourth-order valence-electron chi connectivity index (χ4n) is 3.12. The minimum atomic E-state index is 0.734. The number of hydrogen-bond acceptors (Lipinski definition) is 2. The van der Waals surface area contributed by atoms with Crippen LogP contribution < -0.4 is 5.32 Å². The van der Waals surface area contributed by atoms with Gasteiger partial charge in [0.2, 0.25) is 0 Å². The van der Waals surface area contributed by atoms with Gasteiger partial charge in [-0.1, -0.05) is 19.3 Å². The van der Waals surface area contributed by atoms with Crippen LogP contribution in [0.15, 0.2) is 0 Å². The average molecular weight is 224 g/mol. The van der Waals surface area contributed by atoms with Gasteiger partial charge in [-0.2, -0.15) is 0 Å². The average Bonchev–Trinajstić information content (AvgIpc) is 2.21. The summed E-state index contributed by atoms with van der Waals surface area (Å²) in [5.74, 6) is 1.93. The van der Waals surface area contributed by atoms with Gasteiger partial charge < -0.3 is 10.2 Å². The highest BCUT2D eigenvalue weighted by atomic mass is 15.1. The third-order valence-corrected chi connectivity index (χ3v) is 4.39. The summed E-state index contributed by atoms with van der Waals surface area (Å²) in [5, 5.41) is 3.75. The van der Waals surface area contributed by atoms with Crippen molar-refractivity contribution in [2.45, 2.75) is 51.5 Å². The molecule has 2 rings (SSSR count). The lowest BCUT2D eigenvalue weighted by atomic mass is 9.81. The van der Waals surface area contributed by atoms with Crippen LogP contribution in [0.5, 0.6) is 0 Å². The van der Waals surface area contributed by atoms with Crippen LogP contribution >= 0.6 is 0 Å². The molecule has 1 aliphatic carbocycles. The maximum Gasteiger partial charge on any atom is 0.00414 e. The largest absolute Gasteiger partial charge is 0.314 e. The van der Waals surface area contributed by atoms with Crippen LogP contribution in [-0.2, 0) is 0 Å². The molecule has 1 saturated heterocycles. The summed E-state index contributed by atoms with van der Waals surface area (Å²) in [5.41, 5.74) is 0. The van der Waals surface area contributed by atoms with E-state index in [9.17, 15) is 0 Å². The molecule has 0 amide bonds. The van der Waals surface area contributed by atoms with Crippen molar-refractivity contribution in [3.63, 3.8) is 0 Å². The van der Waals surface area contributed by atoms with Crippen molar-refractivity contribution in [2.75, 3.05) is 26.7 Å². The zero-order valence-corrected chi connectivity index (χ0v) is 11.0. The van der Waals surface area contributed by atoms with Gasteiger partial charge in [0.05, 0.1) is 0 Å². The van der Waals surface area contributed by atoms with Crippen molar-refractivity contribution < 1.29 is 0 Å². The molecule has 2 aliphatic rings. The van der Waals surface area contributed by atoms with Gasteiger partial charge in [-0.15, -0.1) is 0 Å². The molecule has 0 radical (unpaired) electrons. The van der Waals surface area contributed by atoms with Gasteiger partial charge in [0.15, 0.2) is 0 Å². The van der Waals surface area contributed by atoms with Crippen molar-refractivity contribution in [1.29, 1.82) is 0 Å². The highest BCUT2D eigenvalue weighted by Crippen LogP contribution is 2.30. The lowest BCUT2D eigenvalue weighted by molar-refractivity contribution is 0.197. The summed E-state index contributed by atoms with van der Waals surface area (Å²) in [7, 11) is 2.25. The van der Waals surface area contributed by atoms with Gasteiger partial charge in [0.1, 0.15) is 0 Å². The first-order chi connectivity index (χ1) is 7.74. The maximum atomic E-state index is 3.75. The molecule has 0 spiro atoms. The minimum absolute atomic E-state index is 0.734. The Morgan fingerprint density at radius 3 is 2.56 bits per heavy atom. The molecule has 1 saturated carbocycles. The Morgan fingerprint density at radius 1 is 1.19 bits per heavy atom. The summed E-state index contributed by atoms with van der Waals surface area (Å²) >= 11 is 0. The number of piperidine rings is 1. The summed E-state index contributed by atoms with van der Waals surface area (Å²) in [6.07, 6.45) is 8.66. The van der Waals surface area contributed by atoms with Crippen LogP contribution in [0.25, 0.3) is 0 Å². The smallest absolute Gasteiger partial charge is 0.00414 e. The van der Waals surface area contributed by atoms with Gasteiger partial charge in [0, 0.05) is 12.6 Å². The van der Waals surface area contributed by atoms with E-state index < -0.39 is 0 Å². The molecule has 1 aliphatic heterocycles. The molecule has 0 aromatic heterocycles. The highest BCUT2D eigenvalue weighted by Gasteiger charge is 2.21. The third-order valence-electron chi connectivity index (χ3n) is 4.39. The summed E-state index contributed by atoms with van der Waals surface area (Å²) in [4.78, 5) is 2.48. The van der Waals surface area contributed by atoms with Gasteiger partial charge in [-0.3, -0.25) is 0 Å². The van der Waals surface area contributed by atoms with Gasteiger partial charge in [0.25, 0.3) is 0 Å². The van der Waals surface area contributed by atoms with Gasteiger partial charge in [-0.05, 0) is 58.2 Å². The maximum absolute atomic E-state index is 3.75. The zero-order valence-electron chi connectivity index (χ0n) is 11.0. The first-order valence-electron chi connectivity index (χ1n) is 7.16. The summed E-state index contributed by atoms with van der Waals surface area (Å²) in [6.45, 7) is 6.19. The number of rotatable bonds is 5. The van der Waals surface area contributed by atoms with Crippen LogP contribution in [0.3, 0.4) is 0 Å². The molecular weight excluding hydrogens is 196 g/mol. The number of likely N-dealkylation sites (tertiary alicyclic amines) is 1. The Labute approximate surface area is 101 Å². The lowest BCUT2D eigenvalue weighted by Crippen LogP contribution is -2.40. The number of hydrogen-bond donors (Lipinski definition) is 1. The van der Waals surface area contributed by atoms with E-state index in [0.29, 0.717) is 0 Å². The molecular formula is C14H28N2. The van der Waals surface area contributed by atoms with Crippen molar-refractivity contribution in [3.8, 4) is 0 Å². The standard InChI is InChI=1S/C14H28N2/c1-12(9-13-5-3-6-13)15-10-14-7-4-8-16(2)11-14/h12-15H,3-11H2,1-2H3. The van der Waals surface area contributed by atoms with E-state index >= 15 is 0 Å². The van der Waals surface area contributed by atoms with E-state index in [4.69, 9.17) is 0 Å². The molecule has 1 N–H and O–H groups in total. The van der Waals surface area contributed by atoms with E-state index in [0.717, 1.165) is 17.9 Å². The Morgan fingerprint density at radius 2 is 1.94 bits per heavy atom. The van der Waals surface area contributed by atoms with Crippen molar-refractivity contribution in [1.82, 2.24) is 10.2 Å². The molecule has 0 aromatic rings. The van der Waals surface area contributed by atoms with Crippen LogP contribution in [0, 0.1) is 11.8 Å². The second-order valence-corrected chi connectivity index (χ2v) is 6.11. The third kappa shape index (κ3) is 3.74. The Bertz CT molecular complexity index is 201. The zero-order chi connectivity index (χ0) is 11.4. The summed E-state index contributed by atoms with van der Waals surface area (Å²) < 4.78 is 0. The molecule has 0 aromatic carbocycles. The highest BCUT2D eigenvalue weighted by molar-refractivity contribution is 4.77. The van der Waals surface area contributed by atoms with Crippen LogP contribution in [0.4, 0.5) is 0 Å². The quantitative estimate of drug-likeness (QED) is 0.772. The van der Waals surface area contributed by atoms with Crippen LogP contribution in [0.2, 0.25) is 0 Å². The SMILES string of the molecule is CC(CC1CCC1)NCC1CCCN(C)C1. The number of nitrogens with one attached hydrogen (secondary N) is 1. The van der Waals surface area contributed by atoms with E-state index in [1.165, 1.54) is 58.2 Å². The topological polar surface area (TPSA) is 15.3 Å². The fourth-order valence-corrected chi connectivity index (χ4v) is 3.12. The van der Waals surface area contributed by atoms with Gasteiger partial charge in [-0.25, -0.2) is 0 Å². The van der Waals surface area contributed by atoms with Crippen molar-refractivity contribution >= 4 is 0 Å². The molecule has 2 atom stereocenters. The fraction of sp³-hybridized carbons (Fsp3) is 1.00. The molecule has 16 heavy (non-hydrogen) atoms. The lowest BCUT2D eigenvalue weighted by Gasteiger charge is -2.32. The molecule has 2 heteroatoms. The Hall–Kier alpha value is -0.0800. The first-order valence-corrected chi connectivity index (χ1v) is 7.16. The second-order valence-electron chi connectivity index (χ2n) is 6.11. The Kier molecular flexibility index (Phi) is 4.66. The number of nitrogens with zero attached hydrogens (tertiary/aromatic N) is 1. The molecule has 0 bridgehead atoms. The summed E-state index contributed by atoms with van der Waals surface area (Å²) in [6, 6.07) is 0.734. The monoisotopic (exact) mass is 224 g/mol. The predicted octanol–water partition coefficient (Wildman–Crippen LogP) is 2.50. The normalized spacial score (nSPS) is 30.0. The molecule has 1 heterocycles. The Balaban J connectivity index is 1.58. The molecule has 2 unspecified atom stereocenters. The first kappa shape index (κ1) is 12.4. The second kappa shape index (κ2) is 6.02. The predicted molar refractivity (Wildman–Crippen MR) is 69.6 cm³/mol.